The van der Waals surface area contributed by atoms with Gasteiger partial charge in [0.15, 0.2) is 0 Å². The molecule has 2 N–H and O–H groups in total. The standard InChI is InChI=1S/C20H26ClN3O3/c1-4-27-19(26)24-9-7-14(8-10-24)23-18(25)20(2,3)16-12-22-17-6-5-13(21)11-15(16)17/h5-6,11-12,14,22H,4,7-10H2,1-3H3,(H,23,25). The first-order valence-electron chi connectivity index (χ1n) is 9.32. The lowest BCUT2D eigenvalue weighted by Gasteiger charge is -2.33. The van der Waals surface area contributed by atoms with Crippen LogP contribution < -0.4 is 5.32 Å². The Morgan fingerprint density at radius 2 is 2.04 bits per heavy atom. The number of amides is 2. The molecule has 1 fully saturated rings. The van der Waals surface area contributed by atoms with Crippen LogP contribution in [0.2, 0.25) is 5.02 Å². The molecule has 2 aromatic rings. The number of hydrogen-bond donors (Lipinski definition) is 2. The lowest BCUT2D eigenvalue weighted by Crippen LogP contribution is -2.50. The summed E-state index contributed by atoms with van der Waals surface area (Å²) in [5.41, 5.74) is 1.17. The summed E-state index contributed by atoms with van der Waals surface area (Å²) in [6.45, 7) is 7.18. The van der Waals surface area contributed by atoms with Gasteiger partial charge in [0.2, 0.25) is 5.91 Å². The number of carbonyl (C=O) groups is 2. The molecule has 1 aromatic carbocycles. The van der Waals surface area contributed by atoms with E-state index in [0.29, 0.717) is 24.7 Å². The van der Waals surface area contributed by atoms with Gasteiger partial charge in [0, 0.05) is 41.3 Å². The van der Waals surface area contributed by atoms with Crippen LogP contribution in [0, 0.1) is 0 Å². The van der Waals surface area contributed by atoms with Gasteiger partial charge >= 0.3 is 6.09 Å². The highest BCUT2D eigenvalue weighted by Crippen LogP contribution is 2.32. The monoisotopic (exact) mass is 391 g/mol. The van der Waals surface area contributed by atoms with Gasteiger partial charge in [0.1, 0.15) is 0 Å². The van der Waals surface area contributed by atoms with E-state index in [1.807, 2.05) is 38.2 Å². The highest BCUT2D eigenvalue weighted by Gasteiger charge is 2.34. The third-order valence-electron chi connectivity index (χ3n) is 5.24. The summed E-state index contributed by atoms with van der Waals surface area (Å²) < 4.78 is 5.04. The molecule has 0 atom stereocenters. The molecule has 3 rings (SSSR count). The van der Waals surface area contributed by atoms with Crippen molar-refractivity contribution in [1.82, 2.24) is 15.2 Å². The average molecular weight is 392 g/mol. The van der Waals surface area contributed by atoms with Gasteiger partial charge in [-0.25, -0.2) is 4.79 Å². The van der Waals surface area contributed by atoms with E-state index in [9.17, 15) is 9.59 Å². The summed E-state index contributed by atoms with van der Waals surface area (Å²) in [5, 5.41) is 4.76. The van der Waals surface area contributed by atoms with Gasteiger partial charge in [-0.3, -0.25) is 4.79 Å². The van der Waals surface area contributed by atoms with E-state index in [-0.39, 0.29) is 18.0 Å². The van der Waals surface area contributed by atoms with Gasteiger partial charge < -0.3 is 19.9 Å². The Morgan fingerprint density at radius 3 is 2.70 bits per heavy atom. The smallest absolute Gasteiger partial charge is 0.409 e. The fraction of sp³-hybridized carbons (Fsp3) is 0.500. The number of carbonyl (C=O) groups excluding carboxylic acids is 2. The van der Waals surface area contributed by atoms with Crippen molar-refractivity contribution in [3.63, 3.8) is 0 Å². The zero-order valence-corrected chi connectivity index (χ0v) is 16.7. The molecule has 0 aliphatic carbocycles. The lowest BCUT2D eigenvalue weighted by atomic mass is 9.83. The molecule has 0 spiro atoms. The summed E-state index contributed by atoms with van der Waals surface area (Å²) in [6, 6.07) is 5.68. The quantitative estimate of drug-likeness (QED) is 0.831. The molecule has 7 heteroatoms. The largest absolute Gasteiger partial charge is 0.450 e. The SMILES string of the molecule is CCOC(=O)N1CCC(NC(=O)C(C)(C)c2c[nH]c3ccc(Cl)cc23)CC1. The number of aromatic nitrogens is 1. The van der Waals surface area contributed by atoms with Crippen LogP contribution in [0.5, 0.6) is 0 Å². The number of ether oxygens (including phenoxy) is 1. The Labute approximate surface area is 164 Å². The van der Waals surface area contributed by atoms with Crippen molar-refractivity contribution in [3.8, 4) is 0 Å². The number of likely N-dealkylation sites (tertiary alicyclic amines) is 1. The number of H-pyrrole nitrogens is 1. The summed E-state index contributed by atoms with van der Waals surface area (Å²) in [5.74, 6) is -0.0297. The molecule has 0 saturated carbocycles. The van der Waals surface area contributed by atoms with Crippen molar-refractivity contribution in [3.05, 3.63) is 35.0 Å². The molecule has 6 nitrogen and oxygen atoms in total. The summed E-state index contributed by atoms with van der Waals surface area (Å²) in [4.78, 5) is 29.7. The van der Waals surface area contributed by atoms with Crippen LogP contribution in [0.1, 0.15) is 39.2 Å². The molecule has 1 aromatic heterocycles. The van der Waals surface area contributed by atoms with Crippen LogP contribution in [0.3, 0.4) is 0 Å². The van der Waals surface area contributed by atoms with Crippen LogP contribution in [-0.2, 0) is 14.9 Å². The molecular weight excluding hydrogens is 366 g/mol. The van der Waals surface area contributed by atoms with E-state index in [4.69, 9.17) is 16.3 Å². The van der Waals surface area contributed by atoms with E-state index >= 15 is 0 Å². The Morgan fingerprint density at radius 1 is 1.33 bits per heavy atom. The highest BCUT2D eigenvalue weighted by molar-refractivity contribution is 6.31. The fourth-order valence-corrected chi connectivity index (χ4v) is 3.69. The maximum absolute atomic E-state index is 13.0. The first kappa shape index (κ1) is 19.5. The minimum Gasteiger partial charge on any atom is -0.450 e. The summed E-state index contributed by atoms with van der Waals surface area (Å²) in [6.07, 6.45) is 3.04. The molecule has 0 unspecified atom stereocenters. The van der Waals surface area contributed by atoms with Gasteiger partial charge in [0.05, 0.1) is 12.0 Å². The van der Waals surface area contributed by atoms with Gasteiger partial charge in [-0.05, 0) is 57.4 Å². The Balaban J connectivity index is 1.67. The van der Waals surface area contributed by atoms with Gasteiger partial charge in [-0.2, -0.15) is 0 Å². The zero-order valence-electron chi connectivity index (χ0n) is 16.0. The molecular formula is C20H26ClN3O3. The molecule has 1 saturated heterocycles. The number of benzene rings is 1. The molecule has 2 heterocycles. The normalized spacial score (nSPS) is 15.8. The third kappa shape index (κ3) is 4.05. The number of nitrogens with one attached hydrogen (secondary N) is 2. The van der Waals surface area contributed by atoms with Gasteiger partial charge in [-0.15, -0.1) is 0 Å². The Kier molecular flexibility index (Phi) is 5.65. The van der Waals surface area contributed by atoms with Crippen LogP contribution in [-0.4, -0.2) is 47.6 Å². The van der Waals surface area contributed by atoms with E-state index in [2.05, 4.69) is 10.3 Å². The minimum absolute atomic E-state index is 0.0297. The van der Waals surface area contributed by atoms with Crippen LogP contribution in [0.4, 0.5) is 4.79 Å². The molecule has 1 aliphatic heterocycles. The zero-order chi connectivity index (χ0) is 19.6. The van der Waals surface area contributed by atoms with Crippen molar-refractivity contribution in [1.29, 1.82) is 0 Å². The van der Waals surface area contributed by atoms with Crippen molar-refractivity contribution < 1.29 is 14.3 Å². The second kappa shape index (κ2) is 7.80. The van der Waals surface area contributed by atoms with Crippen LogP contribution in [0.25, 0.3) is 10.9 Å². The molecule has 27 heavy (non-hydrogen) atoms. The number of halogens is 1. The lowest BCUT2D eigenvalue weighted by molar-refractivity contribution is -0.126. The molecule has 0 bridgehead atoms. The predicted octanol–water partition coefficient (Wildman–Crippen LogP) is 3.84. The second-order valence-electron chi connectivity index (χ2n) is 7.45. The van der Waals surface area contributed by atoms with E-state index in [0.717, 1.165) is 29.3 Å². The maximum atomic E-state index is 13.0. The number of nitrogens with zero attached hydrogens (tertiary/aromatic N) is 1. The maximum Gasteiger partial charge on any atom is 0.409 e. The van der Waals surface area contributed by atoms with Crippen LogP contribution in [0.15, 0.2) is 24.4 Å². The number of rotatable bonds is 4. The summed E-state index contributed by atoms with van der Waals surface area (Å²) >= 11 is 6.14. The molecule has 1 aliphatic rings. The molecule has 146 valence electrons. The van der Waals surface area contributed by atoms with Crippen molar-refractivity contribution in [2.75, 3.05) is 19.7 Å². The molecule has 0 radical (unpaired) electrons. The number of piperidine rings is 1. The van der Waals surface area contributed by atoms with Crippen LogP contribution >= 0.6 is 11.6 Å². The van der Waals surface area contributed by atoms with Crippen molar-refractivity contribution >= 4 is 34.5 Å². The van der Waals surface area contributed by atoms with E-state index in [1.54, 1.807) is 11.8 Å². The van der Waals surface area contributed by atoms with E-state index < -0.39 is 5.41 Å². The predicted molar refractivity (Wildman–Crippen MR) is 106 cm³/mol. The van der Waals surface area contributed by atoms with Crippen molar-refractivity contribution in [2.24, 2.45) is 0 Å². The summed E-state index contributed by atoms with van der Waals surface area (Å²) in [7, 11) is 0. The van der Waals surface area contributed by atoms with Gasteiger partial charge in [0.25, 0.3) is 0 Å². The first-order chi connectivity index (χ1) is 12.8. The number of fused-ring (bicyclic) bond motifs is 1. The molecule has 2 amide bonds. The number of aromatic amines is 1. The Bertz CT molecular complexity index is 838. The number of hydrogen-bond acceptors (Lipinski definition) is 3. The fourth-order valence-electron chi connectivity index (χ4n) is 3.52. The van der Waals surface area contributed by atoms with Gasteiger partial charge in [-0.1, -0.05) is 11.6 Å². The minimum atomic E-state index is -0.707. The second-order valence-corrected chi connectivity index (χ2v) is 7.89. The van der Waals surface area contributed by atoms with Crippen molar-refractivity contribution in [2.45, 2.75) is 45.1 Å². The topological polar surface area (TPSA) is 74.4 Å². The van der Waals surface area contributed by atoms with E-state index in [1.165, 1.54) is 0 Å². The third-order valence-corrected chi connectivity index (χ3v) is 5.48. The first-order valence-corrected chi connectivity index (χ1v) is 9.70. The Hall–Kier alpha value is -2.21. The average Bonchev–Trinajstić information content (AvgIpc) is 3.06. The highest BCUT2D eigenvalue weighted by atomic mass is 35.5.